The lowest BCUT2D eigenvalue weighted by atomic mass is 9.97. The van der Waals surface area contributed by atoms with Crippen LogP contribution in [0.5, 0.6) is 11.6 Å². The molecule has 0 bridgehead atoms. The molecule has 5 nitrogen and oxygen atoms in total. The molecule has 1 aliphatic rings. The molecule has 0 saturated carbocycles. The van der Waals surface area contributed by atoms with E-state index in [-0.39, 0.29) is 33.5 Å². The van der Waals surface area contributed by atoms with Gasteiger partial charge >= 0.3 is 0 Å². The first kappa shape index (κ1) is 19.6. The maximum Gasteiger partial charge on any atom is 0.245 e. The van der Waals surface area contributed by atoms with E-state index in [9.17, 15) is 9.18 Å². The van der Waals surface area contributed by atoms with Gasteiger partial charge in [-0.15, -0.1) is 0 Å². The summed E-state index contributed by atoms with van der Waals surface area (Å²) in [7, 11) is 0. The van der Waals surface area contributed by atoms with Crippen molar-refractivity contribution >= 4 is 40.0 Å². The Balaban J connectivity index is 1.68. The Morgan fingerprint density at radius 1 is 1.28 bits per heavy atom. The summed E-state index contributed by atoms with van der Waals surface area (Å²) >= 11 is 11.7. The second kappa shape index (κ2) is 7.97. The molecular weight excluding hydrogens is 416 g/mol. The lowest BCUT2D eigenvalue weighted by Crippen LogP contribution is -2.26. The van der Waals surface area contributed by atoms with Gasteiger partial charge in [-0.05, 0) is 42.3 Å². The Kier molecular flexibility index (Phi) is 5.39. The summed E-state index contributed by atoms with van der Waals surface area (Å²) in [6.45, 7) is 4.83. The average Bonchev–Trinajstić information content (AvgIpc) is 3.24. The highest BCUT2D eigenvalue weighted by atomic mass is 35.5. The molecule has 2 heterocycles. The lowest BCUT2D eigenvalue weighted by Gasteiger charge is -2.15. The van der Waals surface area contributed by atoms with Gasteiger partial charge in [-0.25, -0.2) is 14.4 Å². The zero-order valence-electron chi connectivity index (χ0n) is 15.2. The molecule has 0 unspecified atom stereocenters. The summed E-state index contributed by atoms with van der Waals surface area (Å²) in [5.41, 5.74) is 1.70. The van der Waals surface area contributed by atoms with Gasteiger partial charge in [0.05, 0.1) is 20.9 Å². The van der Waals surface area contributed by atoms with Crippen LogP contribution in [0, 0.1) is 5.82 Å². The highest BCUT2D eigenvalue weighted by Crippen LogP contribution is 2.36. The van der Waals surface area contributed by atoms with Crippen molar-refractivity contribution in [2.24, 2.45) is 0 Å². The normalized spacial score (nSPS) is 16.2. The third kappa shape index (κ3) is 3.78. The molecule has 4 rings (SSSR count). The molecule has 1 aliphatic heterocycles. The molecule has 0 aliphatic carbocycles. The van der Waals surface area contributed by atoms with Gasteiger partial charge in [-0.1, -0.05) is 35.8 Å². The molecule has 1 aromatic heterocycles. The molecule has 29 heavy (non-hydrogen) atoms. The molecule has 1 fully saturated rings. The van der Waals surface area contributed by atoms with Gasteiger partial charge in [-0.3, -0.25) is 4.79 Å². The Hall–Kier alpha value is -2.70. The average molecular weight is 432 g/mol. The summed E-state index contributed by atoms with van der Waals surface area (Å²) in [5, 5.41) is 0.538. The minimum Gasteiger partial charge on any atom is -0.435 e. The van der Waals surface area contributed by atoms with Gasteiger partial charge in [0.15, 0.2) is 11.6 Å². The van der Waals surface area contributed by atoms with Gasteiger partial charge in [0.2, 0.25) is 11.8 Å². The molecule has 1 atom stereocenters. The molecule has 8 heteroatoms. The number of carbonyl (C=O) groups excluding carboxylic acids is 1. The lowest BCUT2D eigenvalue weighted by molar-refractivity contribution is -0.125. The maximum atomic E-state index is 14.4. The van der Waals surface area contributed by atoms with Crippen LogP contribution in [0.4, 0.5) is 4.39 Å². The Labute approximate surface area is 176 Å². The van der Waals surface area contributed by atoms with Gasteiger partial charge in [0.25, 0.3) is 0 Å². The summed E-state index contributed by atoms with van der Waals surface area (Å²) in [5.74, 6) is -0.509. The first-order chi connectivity index (χ1) is 14.0. The van der Waals surface area contributed by atoms with E-state index >= 15 is 0 Å². The number of aromatic nitrogens is 2. The number of benzene rings is 2. The molecule has 0 N–H and O–H groups in total. The van der Waals surface area contributed by atoms with E-state index in [1.165, 1.54) is 24.5 Å². The molecule has 0 spiro atoms. The minimum atomic E-state index is -0.753. The van der Waals surface area contributed by atoms with Crippen molar-refractivity contribution in [3.8, 4) is 11.6 Å². The zero-order chi connectivity index (χ0) is 20.5. The van der Waals surface area contributed by atoms with Crippen LogP contribution in [-0.2, 0) is 4.79 Å². The number of fused-ring (bicyclic) bond motifs is 1. The molecule has 148 valence electrons. The summed E-state index contributed by atoms with van der Waals surface area (Å²) in [4.78, 5) is 22.0. The standard InChI is InChI=1S/C21H16Cl2FN3O2/c1-2-18(28)27-8-7-13(10-27)12-3-5-16-14(9-12)21(26-11-25-16)29-17-6-4-15(22)19(23)20(17)24/h2-6,9,11,13H,1,7-8,10H2/t13-/m1/s1. The number of likely N-dealkylation sites (tertiary alicyclic amines) is 1. The van der Waals surface area contributed by atoms with Crippen molar-refractivity contribution in [1.82, 2.24) is 14.9 Å². The van der Waals surface area contributed by atoms with Gasteiger partial charge < -0.3 is 9.64 Å². The van der Waals surface area contributed by atoms with Crippen molar-refractivity contribution in [2.75, 3.05) is 13.1 Å². The molecule has 1 amide bonds. The van der Waals surface area contributed by atoms with Crippen LogP contribution in [0.15, 0.2) is 49.3 Å². The van der Waals surface area contributed by atoms with Crippen molar-refractivity contribution in [3.05, 3.63) is 70.7 Å². The fourth-order valence-electron chi connectivity index (χ4n) is 3.44. The van der Waals surface area contributed by atoms with E-state index in [1.807, 2.05) is 18.2 Å². The predicted molar refractivity (Wildman–Crippen MR) is 110 cm³/mol. The van der Waals surface area contributed by atoms with E-state index in [0.717, 1.165) is 12.0 Å². The van der Waals surface area contributed by atoms with Crippen molar-refractivity contribution in [2.45, 2.75) is 12.3 Å². The second-order valence-electron chi connectivity index (χ2n) is 6.70. The van der Waals surface area contributed by atoms with Crippen LogP contribution in [-0.4, -0.2) is 33.9 Å². The first-order valence-electron chi connectivity index (χ1n) is 8.95. The summed E-state index contributed by atoms with van der Waals surface area (Å²) < 4.78 is 20.1. The van der Waals surface area contributed by atoms with E-state index in [4.69, 9.17) is 27.9 Å². The third-order valence-corrected chi connectivity index (χ3v) is 5.76. The van der Waals surface area contributed by atoms with E-state index in [1.54, 1.807) is 4.90 Å². The number of halogens is 3. The number of hydrogen-bond acceptors (Lipinski definition) is 4. The number of hydrogen-bond donors (Lipinski definition) is 0. The third-order valence-electron chi connectivity index (χ3n) is 4.98. The molecule has 1 saturated heterocycles. The Bertz CT molecular complexity index is 1120. The number of ether oxygens (including phenoxy) is 1. The topological polar surface area (TPSA) is 55.3 Å². The molecular formula is C21H16Cl2FN3O2. The van der Waals surface area contributed by atoms with Crippen molar-refractivity contribution in [1.29, 1.82) is 0 Å². The van der Waals surface area contributed by atoms with E-state index in [0.29, 0.717) is 24.0 Å². The van der Waals surface area contributed by atoms with Crippen LogP contribution < -0.4 is 4.74 Å². The number of amides is 1. The van der Waals surface area contributed by atoms with Gasteiger partial charge in [0.1, 0.15) is 6.33 Å². The monoisotopic (exact) mass is 431 g/mol. The SMILES string of the molecule is C=CC(=O)N1CC[C@@H](c2ccc3ncnc(Oc4ccc(Cl)c(Cl)c4F)c3c2)C1. The highest BCUT2D eigenvalue weighted by Gasteiger charge is 2.26. The fourth-order valence-corrected chi connectivity index (χ4v) is 3.74. The molecule has 3 aromatic rings. The Morgan fingerprint density at radius 3 is 2.90 bits per heavy atom. The van der Waals surface area contributed by atoms with Gasteiger partial charge in [-0.2, -0.15) is 0 Å². The largest absolute Gasteiger partial charge is 0.435 e. The molecule has 2 aromatic carbocycles. The minimum absolute atomic E-state index is 0.0734. The highest BCUT2D eigenvalue weighted by molar-refractivity contribution is 6.42. The fraction of sp³-hybridized carbons (Fsp3) is 0.190. The second-order valence-corrected chi connectivity index (χ2v) is 7.49. The quantitative estimate of drug-likeness (QED) is 0.411. The summed E-state index contributed by atoms with van der Waals surface area (Å²) in [6, 6.07) is 8.62. The summed E-state index contributed by atoms with van der Waals surface area (Å²) in [6.07, 6.45) is 3.53. The smallest absolute Gasteiger partial charge is 0.245 e. The number of nitrogens with zero attached hydrogens (tertiary/aromatic N) is 3. The Morgan fingerprint density at radius 2 is 2.10 bits per heavy atom. The zero-order valence-corrected chi connectivity index (χ0v) is 16.8. The van der Waals surface area contributed by atoms with Crippen LogP contribution in [0.3, 0.4) is 0 Å². The van der Waals surface area contributed by atoms with Crippen LogP contribution >= 0.6 is 23.2 Å². The van der Waals surface area contributed by atoms with Crippen LogP contribution in [0.1, 0.15) is 17.9 Å². The van der Waals surface area contributed by atoms with E-state index in [2.05, 4.69) is 16.5 Å². The van der Waals surface area contributed by atoms with Crippen molar-refractivity contribution < 1.29 is 13.9 Å². The van der Waals surface area contributed by atoms with E-state index < -0.39 is 5.82 Å². The number of rotatable bonds is 4. The van der Waals surface area contributed by atoms with Crippen LogP contribution in [0.2, 0.25) is 10.0 Å². The predicted octanol–water partition coefficient (Wildman–Crippen LogP) is 5.37. The first-order valence-corrected chi connectivity index (χ1v) is 9.71. The van der Waals surface area contributed by atoms with Crippen molar-refractivity contribution in [3.63, 3.8) is 0 Å². The molecule has 0 radical (unpaired) electrons. The number of carbonyl (C=O) groups is 1. The maximum absolute atomic E-state index is 14.4. The van der Waals surface area contributed by atoms with Crippen LogP contribution in [0.25, 0.3) is 10.9 Å². The van der Waals surface area contributed by atoms with Gasteiger partial charge in [0, 0.05) is 19.0 Å².